The van der Waals surface area contributed by atoms with E-state index < -0.39 is 11.8 Å². The Balaban J connectivity index is 2.15. The molecule has 7 heteroatoms. The Bertz CT molecular complexity index is 923. The highest BCUT2D eigenvalue weighted by Crippen LogP contribution is 2.25. The zero-order valence-electron chi connectivity index (χ0n) is 12.7. The minimum Gasteiger partial charge on any atom is -0.463 e. The maximum absolute atomic E-state index is 13.5. The molecule has 0 aliphatic carbocycles. The molecule has 0 spiro atoms. The average molecular weight is 325 g/mol. The smallest absolute Gasteiger partial charge is 0.358 e. The van der Waals surface area contributed by atoms with Crippen molar-refractivity contribution >= 4 is 5.97 Å². The highest BCUT2D eigenvalue weighted by atomic mass is 19.1. The van der Waals surface area contributed by atoms with Gasteiger partial charge in [0.05, 0.1) is 24.1 Å². The quantitative estimate of drug-likeness (QED) is 0.687. The highest BCUT2D eigenvalue weighted by Gasteiger charge is 2.19. The summed E-state index contributed by atoms with van der Waals surface area (Å²) < 4.78 is 25.3. The number of esters is 1. The SMILES string of the molecule is CCOC(=O)c1cc(-c2ccco2)n(-c2ccc(F)c(C#N)c2)n1. The second-order valence-electron chi connectivity index (χ2n) is 4.80. The van der Waals surface area contributed by atoms with Crippen LogP contribution in [0.3, 0.4) is 0 Å². The molecule has 0 fully saturated rings. The number of nitriles is 1. The summed E-state index contributed by atoms with van der Waals surface area (Å²) in [5.41, 5.74) is 0.880. The standard InChI is InChI=1S/C17H12FN3O3/c1-2-23-17(22)14-9-15(16-4-3-7-24-16)21(20-14)12-5-6-13(18)11(8-12)10-19/h3-9H,2H2,1H3. The Morgan fingerprint density at radius 2 is 2.25 bits per heavy atom. The molecule has 2 heterocycles. The molecule has 0 amide bonds. The van der Waals surface area contributed by atoms with E-state index in [1.54, 1.807) is 25.1 Å². The van der Waals surface area contributed by atoms with Gasteiger partial charge in [0.2, 0.25) is 0 Å². The maximum Gasteiger partial charge on any atom is 0.358 e. The van der Waals surface area contributed by atoms with Crippen LogP contribution < -0.4 is 0 Å². The van der Waals surface area contributed by atoms with Crippen molar-refractivity contribution < 1.29 is 18.3 Å². The van der Waals surface area contributed by atoms with Crippen molar-refractivity contribution in [2.24, 2.45) is 0 Å². The molecule has 3 rings (SSSR count). The number of nitrogens with zero attached hydrogens (tertiary/aromatic N) is 3. The number of benzene rings is 1. The summed E-state index contributed by atoms with van der Waals surface area (Å²) in [6.07, 6.45) is 1.49. The zero-order valence-corrected chi connectivity index (χ0v) is 12.7. The number of hydrogen-bond donors (Lipinski definition) is 0. The fourth-order valence-corrected chi connectivity index (χ4v) is 2.21. The second kappa shape index (κ2) is 6.38. The van der Waals surface area contributed by atoms with Crippen LogP contribution in [0.2, 0.25) is 0 Å². The summed E-state index contributed by atoms with van der Waals surface area (Å²) in [5.74, 6) is -0.730. The van der Waals surface area contributed by atoms with Gasteiger partial charge in [-0.25, -0.2) is 13.9 Å². The van der Waals surface area contributed by atoms with Gasteiger partial charge in [0.1, 0.15) is 17.6 Å². The summed E-state index contributed by atoms with van der Waals surface area (Å²) in [6.45, 7) is 1.92. The third-order valence-electron chi connectivity index (χ3n) is 3.28. The van der Waals surface area contributed by atoms with Crippen LogP contribution in [0, 0.1) is 17.1 Å². The number of ether oxygens (including phenoxy) is 1. The number of halogens is 1. The van der Waals surface area contributed by atoms with Gasteiger partial charge in [-0.3, -0.25) is 0 Å². The third-order valence-corrected chi connectivity index (χ3v) is 3.28. The molecule has 0 N–H and O–H groups in total. The Hall–Kier alpha value is -3.40. The number of furan rings is 1. The van der Waals surface area contributed by atoms with Crippen molar-refractivity contribution in [2.45, 2.75) is 6.92 Å². The molecule has 120 valence electrons. The van der Waals surface area contributed by atoms with Crippen molar-refractivity contribution in [3.8, 4) is 23.2 Å². The van der Waals surface area contributed by atoms with E-state index in [1.807, 2.05) is 0 Å². The monoisotopic (exact) mass is 325 g/mol. The predicted octanol–water partition coefficient (Wildman–Crippen LogP) is 3.32. The number of aromatic nitrogens is 2. The van der Waals surface area contributed by atoms with E-state index in [0.717, 1.165) is 0 Å². The molecule has 0 radical (unpaired) electrons. The third kappa shape index (κ3) is 2.77. The Morgan fingerprint density at radius 1 is 1.42 bits per heavy atom. The molecule has 24 heavy (non-hydrogen) atoms. The van der Waals surface area contributed by atoms with Gasteiger partial charge in [0.15, 0.2) is 11.5 Å². The van der Waals surface area contributed by atoms with Crippen molar-refractivity contribution in [3.05, 3.63) is 59.7 Å². The van der Waals surface area contributed by atoms with E-state index in [2.05, 4.69) is 5.10 Å². The largest absolute Gasteiger partial charge is 0.463 e. The van der Waals surface area contributed by atoms with Crippen LogP contribution in [-0.4, -0.2) is 22.4 Å². The van der Waals surface area contributed by atoms with Crippen LogP contribution in [0.1, 0.15) is 23.0 Å². The van der Waals surface area contributed by atoms with Gasteiger partial charge in [-0.1, -0.05) is 0 Å². The Kier molecular flexibility index (Phi) is 4.12. The lowest BCUT2D eigenvalue weighted by molar-refractivity contribution is 0.0519. The van der Waals surface area contributed by atoms with Crippen LogP contribution in [0.4, 0.5) is 4.39 Å². The first-order chi connectivity index (χ1) is 11.6. The van der Waals surface area contributed by atoms with E-state index in [-0.39, 0.29) is 17.9 Å². The first kappa shape index (κ1) is 15.5. The first-order valence-corrected chi connectivity index (χ1v) is 7.15. The van der Waals surface area contributed by atoms with E-state index >= 15 is 0 Å². The summed E-state index contributed by atoms with van der Waals surface area (Å²) in [4.78, 5) is 11.9. The van der Waals surface area contributed by atoms with Crippen molar-refractivity contribution in [1.82, 2.24) is 9.78 Å². The molecule has 0 aliphatic heterocycles. The van der Waals surface area contributed by atoms with Gasteiger partial charge in [0, 0.05) is 6.07 Å². The van der Waals surface area contributed by atoms with Gasteiger partial charge >= 0.3 is 5.97 Å². The molecule has 1 aromatic carbocycles. The van der Waals surface area contributed by atoms with Crippen molar-refractivity contribution in [1.29, 1.82) is 5.26 Å². The molecular weight excluding hydrogens is 313 g/mol. The predicted molar refractivity (Wildman–Crippen MR) is 81.9 cm³/mol. The fourth-order valence-electron chi connectivity index (χ4n) is 2.21. The molecule has 0 saturated carbocycles. The lowest BCUT2D eigenvalue weighted by Gasteiger charge is -2.06. The fraction of sp³-hybridized carbons (Fsp3) is 0.118. The summed E-state index contributed by atoms with van der Waals surface area (Å²) >= 11 is 0. The number of rotatable bonds is 4. The van der Waals surface area contributed by atoms with E-state index in [1.165, 1.54) is 35.2 Å². The lowest BCUT2D eigenvalue weighted by atomic mass is 10.2. The Morgan fingerprint density at radius 3 is 2.92 bits per heavy atom. The van der Waals surface area contributed by atoms with E-state index in [9.17, 15) is 9.18 Å². The molecule has 2 aromatic heterocycles. The molecule has 0 bridgehead atoms. The topological polar surface area (TPSA) is 81.0 Å². The molecular formula is C17H12FN3O3. The molecule has 0 atom stereocenters. The summed E-state index contributed by atoms with van der Waals surface area (Å²) in [5, 5.41) is 13.2. The maximum atomic E-state index is 13.5. The summed E-state index contributed by atoms with van der Waals surface area (Å²) in [7, 11) is 0. The highest BCUT2D eigenvalue weighted by molar-refractivity contribution is 5.88. The summed E-state index contributed by atoms with van der Waals surface area (Å²) in [6, 6.07) is 10.7. The van der Waals surface area contributed by atoms with Crippen molar-refractivity contribution in [3.63, 3.8) is 0 Å². The normalized spacial score (nSPS) is 10.4. The van der Waals surface area contributed by atoms with Gasteiger partial charge < -0.3 is 9.15 Å². The number of carbonyl (C=O) groups is 1. The van der Waals surface area contributed by atoms with Crippen LogP contribution in [0.5, 0.6) is 0 Å². The van der Waals surface area contributed by atoms with Gasteiger partial charge in [-0.05, 0) is 37.3 Å². The molecule has 0 saturated heterocycles. The zero-order chi connectivity index (χ0) is 17.1. The molecule has 0 unspecified atom stereocenters. The lowest BCUT2D eigenvalue weighted by Crippen LogP contribution is -2.07. The number of hydrogen-bond acceptors (Lipinski definition) is 5. The van der Waals surface area contributed by atoms with Gasteiger partial charge in [-0.15, -0.1) is 0 Å². The minimum atomic E-state index is -0.626. The van der Waals surface area contributed by atoms with Gasteiger partial charge in [0.25, 0.3) is 0 Å². The van der Waals surface area contributed by atoms with E-state index in [0.29, 0.717) is 17.1 Å². The van der Waals surface area contributed by atoms with Crippen LogP contribution in [0.15, 0.2) is 47.1 Å². The van der Waals surface area contributed by atoms with Crippen molar-refractivity contribution in [2.75, 3.05) is 6.61 Å². The first-order valence-electron chi connectivity index (χ1n) is 7.15. The van der Waals surface area contributed by atoms with Crippen LogP contribution in [0.25, 0.3) is 17.1 Å². The average Bonchev–Trinajstić information content (AvgIpc) is 3.25. The van der Waals surface area contributed by atoms with E-state index in [4.69, 9.17) is 14.4 Å². The molecule has 0 aliphatic rings. The van der Waals surface area contributed by atoms with Gasteiger partial charge in [-0.2, -0.15) is 10.4 Å². The molecule has 3 aromatic rings. The molecule has 6 nitrogen and oxygen atoms in total. The van der Waals surface area contributed by atoms with Crippen LogP contribution >= 0.6 is 0 Å². The minimum absolute atomic E-state index is 0.0890. The Labute approximate surface area is 136 Å². The second-order valence-corrected chi connectivity index (χ2v) is 4.80. The van der Waals surface area contributed by atoms with Crippen LogP contribution in [-0.2, 0) is 4.74 Å². The number of carbonyl (C=O) groups excluding carboxylic acids is 1.